The van der Waals surface area contributed by atoms with Gasteiger partial charge in [0, 0.05) is 22.5 Å². The molecule has 4 heteroatoms. The zero-order valence-electron chi connectivity index (χ0n) is 10.9. The summed E-state index contributed by atoms with van der Waals surface area (Å²) in [5, 5.41) is 6.47. The Morgan fingerprint density at radius 2 is 1.75 bits per heavy atom. The molecule has 0 aliphatic heterocycles. The predicted octanol–water partition coefficient (Wildman–Crippen LogP) is 5.35. The van der Waals surface area contributed by atoms with Gasteiger partial charge in [0.1, 0.15) is 11.6 Å². The fraction of sp³-hybridized carbons (Fsp3) is 0.125. The Morgan fingerprint density at radius 1 is 1.00 bits per heavy atom. The van der Waals surface area contributed by atoms with Crippen LogP contribution in [-0.2, 0) is 0 Å². The average molecular weight is 289 g/mol. The molecular formula is C16H13F2NS. The Kier molecular flexibility index (Phi) is 3.40. The van der Waals surface area contributed by atoms with Gasteiger partial charge in [-0.1, -0.05) is 0 Å². The molecule has 1 nitrogen and oxygen atoms in total. The Morgan fingerprint density at radius 3 is 2.50 bits per heavy atom. The number of rotatable bonds is 3. The largest absolute Gasteiger partial charge is 0.378 e. The van der Waals surface area contributed by atoms with E-state index in [1.807, 2.05) is 30.5 Å². The van der Waals surface area contributed by atoms with Crippen molar-refractivity contribution in [3.8, 4) is 0 Å². The zero-order valence-corrected chi connectivity index (χ0v) is 11.7. The molecule has 3 rings (SSSR count). The normalized spacial score (nSPS) is 12.6. The van der Waals surface area contributed by atoms with Crippen molar-refractivity contribution >= 4 is 27.1 Å². The molecule has 0 saturated heterocycles. The summed E-state index contributed by atoms with van der Waals surface area (Å²) in [5.41, 5.74) is 1.53. The number of halogens is 2. The fourth-order valence-electron chi connectivity index (χ4n) is 2.21. The van der Waals surface area contributed by atoms with Crippen LogP contribution >= 0.6 is 11.3 Å². The maximum absolute atomic E-state index is 13.2. The maximum atomic E-state index is 13.2. The Hall–Kier alpha value is -1.94. The van der Waals surface area contributed by atoms with Crippen LogP contribution in [0.3, 0.4) is 0 Å². The number of hydrogen-bond donors (Lipinski definition) is 1. The van der Waals surface area contributed by atoms with Gasteiger partial charge in [-0.25, -0.2) is 8.78 Å². The van der Waals surface area contributed by atoms with Gasteiger partial charge in [-0.3, -0.25) is 0 Å². The molecule has 1 heterocycles. The summed E-state index contributed by atoms with van der Waals surface area (Å²) in [5.74, 6) is -1.11. The lowest BCUT2D eigenvalue weighted by molar-refractivity contribution is 0.577. The van der Waals surface area contributed by atoms with Crippen LogP contribution in [-0.4, -0.2) is 0 Å². The van der Waals surface area contributed by atoms with Crippen molar-refractivity contribution < 1.29 is 8.78 Å². The standard InChI is InChI=1S/C16H13F2NS/c1-10(12-6-13(17)9-14(18)7-12)19-15-2-3-16-11(8-15)4-5-20-16/h2-10,19H,1H3. The molecule has 0 spiro atoms. The number of fused-ring (bicyclic) bond motifs is 1. The minimum absolute atomic E-state index is 0.170. The lowest BCUT2D eigenvalue weighted by Crippen LogP contribution is -2.07. The van der Waals surface area contributed by atoms with E-state index in [0.29, 0.717) is 5.56 Å². The molecular weight excluding hydrogens is 276 g/mol. The molecule has 1 aromatic heterocycles. The first kappa shape index (κ1) is 13.1. The van der Waals surface area contributed by atoms with Crippen LogP contribution in [0.25, 0.3) is 10.1 Å². The highest BCUT2D eigenvalue weighted by Gasteiger charge is 2.09. The van der Waals surface area contributed by atoms with Gasteiger partial charge in [-0.15, -0.1) is 11.3 Å². The second-order valence-electron chi connectivity index (χ2n) is 4.74. The first-order valence-electron chi connectivity index (χ1n) is 6.31. The van der Waals surface area contributed by atoms with Gasteiger partial charge in [0.2, 0.25) is 0 Å². The summed E-state index contributed by atoms with van der Waals surface area (Å²) in [6, 6.07) is 11.5. The van der Waals surface area contributed by atoms with Crippen molar-refractivity contribution in [3.63, 3.8) is 0 Å². The minimum atomic E-state index is -0.554. The van der Waals surface area contributed by atoms with Gasteiger partial charge in [0.05, 0.1) is 0 Å². The number of nitrogens with one attached hydrogen (secondary N) is 1. The Labute approximate surface area is 119 Å². The minimum Gasteiger partial charge on any atom is -0.378 e. The number of thiophene rings is 1. The molecule has 0 bridgehead atoms. The maximum Gasteiger partial charge on any atom is 0.126 e. The molecule has 1 N–H and O–H groups in total. The first-order chi connectivity index (χ1) is 9.61. The van der Waals surface area contributed by atoms with Crippen LogP contribution in [0.4, 0.5) is 14.5 Å². The smallest absolute Gasteiger partial charge is 0.126 e. The molecule has 0 fully saturated rings. The van der Waals surface area contributed by atoms with Crippen LogP contribution in [0.15, 0.2) is 47.8 Å². The van der Waals surface area contributed by atoms with Crippen LogP contribution < -0.4 is 5.32 Å². The molecule has 3 aromatic rings. The fourth-order valence-corrected chi connectivity index (χ4v) is 2.99. The lowest BCUT2D eigenvalue weighted by atomic mass is 10.1. The van der Waals surface area contributed by atoms with E-state index in [0.717, 1.165) is 17.1 Å². The van der Waals surface area contributed by atoms with Crippen LogP contribution in [0.1, 0.15) is 18.5 Å². The average Bonchev–Trinajstić information content (AvgIpc) is 2.85. The Balaban J connectivity index is 1.85. The van der Waals surface area contributed by atoms with Gasteiger partial charge in [-0.05, 0) is 59.7 Å². The third-order valence-corrected chi connectivity index (χ3v) is 4.12. The van der Waals surface area contributed by atoms with E-state index in [4.69, 9.17) is 0 Å². The van der Waals surface area contributed by atoms with Crippen molar-refractivity contribution in [2.75, 3.05) is 5.32 Å². The van der Waals surface area contributed by atoms with E-state index in [2.05, 4.69) is 11.4 Å². The van der Waals surface area contributed by atoms with Crippen molar-refractivity contribution in [2.24, 2.45) is 0 Å². The second-order valence-corrected chi connectivity index (χ2v) is 5.69. The van der Waals surface area contributed by atoms with E-state index in [1.54, 1.807) is 11.3 Å². The van der Waals surface area contributed by atoms with E-state index < -0.39 is 11.6 Å². The summed E-state index contributed by atoms with van der Waals surface area (Å²) in [6.07, 6.45) is 0. The van der Waals surface area contributed by atoms with Crippen LogP contribution in [0.2, 0.25) is 0 Å². The molecule has 0 aliphatic carbocycles. The zero-order chi connectivity index (χ0) is 14.1. The quantitative estimate of drug-likeness (QED) is 0.685. The molecule has 1 atom stereocenters. The highest BCUT2D eigenvalue weighted by molar-refractivity contribution is 7.17. The monoisotopic (exact) mass is 289 g/mol. The Bertz CT molecular complexity index is 731. The molecule has 0 radical (unpaired) electrons. The molecule has 20 heavy (non-hydrogen) atoms. The molecule has 0 aliphatic rings. The van der Waals surface area contributed by atoms with E-state index in [-0.39, 0.29) is 6.04 Å². The topological polar surface area (TPSA) is 12.0 Å². The summed E-state index contributed by atoms with van der Waals surface area (Å²) < 4.78 is 27.7. The lowest BCUT2D eigenvalue weighted by Gasteiger charge is -2.16. The van der Waals surface area contributed by atoms with Gasteiger partial charge >= 0.3 is 0 Å². The van der Waals surface area contributed by atoms with Gasteiger partial charge in [0.25, 0.3) is 0 Å². The number of benzene rings is 2. The SMILES string of the molecule is CC(Nc1ccc2sccc2c1)c1cc(F)cc(F)c1. The van der Waals surface area contributed by atoms with Crippen molar-refractivity contribution in [2.45, 2.75) is 13.0 Å². The van der Waals surface area contributed by atoms with Crippen molar-refractivity contribution in [3.05, 3.63) is 65.0 Å². The van der Waals surface area contributed by atoms with Crippen molar-refractivity contribution in [1.82, 2.24) is 0 Å². The van der Waals surface area contributed by atoms with Gasteiger partial charge in [0.15, 0.2) is 0 Å². The highest BCUT2D eigenvalue weighted by atomic mass is 32.1. The van der Waals surface area contributed by atoms with E-state index in [9.17, 15) is 8.78 Å². The summed E-state index contributed by atoms with van der Waals surface area (Å²) in [7, 11) is 0. The predicted molar refractivity (Wildman–Crippen MR) is 80.2 cm³/mol. The third kappa shape index (κ3) is 2.65. The molecule has 102 valence electrons. The van der Waals surface area contributed by atoms with Gasteiger partial charge in [-0.2, -0.15) is 0 Å². The molecule has 0 amide bonds. The van der Waals surface area contributed by atoms with E-state index in [1.165, 1.54) is 16.8 Å². The summed E-state index contributed by atoms with van der Waals surface area (Å²) >= 11 is 1.69. The van der Waals surface area contributed by atoms with E-state index >= 15 is 0 Å². The second kappa shape index (κ2) is 5.21. The first-order valence-corrected chi connectivity index (χ1v) is 7.19. The number of hydrogen-bond acceptors (Lipinski definition) is 2. The van der Waals surface area contributed by atoms with Crippen molar-refractivity contribution in [1.29, 1.82) is 0 Å². The molecule has 1 unspecified atom stereocenters. The summed E-state index contributed by atoms with van der Waals surface area (Å²) in [6.45, 7) is 1.88. The highest BCUT2D eigenvalue weighted by Crippen LogP contribution is 2.27. The molecule has 2 aromatic carbocycles. The third-order valence-electron chi connectivity index (χ3n) is 3.22. The van der Waals surface area contributed by atoms with Gasteiger partial charge < -0.3 is 5.32 Å². The molecule has 0 saturated carbocycles. The number of anilines is 1. The van der Waals surface area contributed by atoms with Crippen LogP contribution in [0, 0.1) is 11.6 Å². The van der Waals surface area contributed by atoms with Crippen LogP contribution in [0.5, 0.6) is 0 Å². The summed E-state index contributed by atoms with van der Waals surface area (Å²) in [4.78, 5) is 0.